The number of rotatable bonds is 6. The molecule has 0 aliphatic heterocycles. The van der Waals surface area contributed by atoms with Gasteiger partial charge < -0.3 is 10.6 Å². The van der Waals surface area contributed by atoms with Crippen LogP contribution in [0.25, 0.3) is 0 Å². The zero-order chi connectivity index (χ0) is 12.6. The molecule has 0 bridgehead atoms. The van der Waals surface area contributed by atoms with E-state index >= 15 is 0 Å². The van der Waals surface area contributed by atoms with E-state index < -0.39 is 0 Å². The van der Waals surface area contributed by atoms with Crippen LogP contribution in [0.15, 0.2) is 18.3 Å². The Hall–Kier alpha value is -1.25. The first-order valence-electron chi connectivity index (χ1n) is 7.32. The molecule has 1 fully saturated rings. The summed E-state index contributed by atoms with van der Waals surface area (Å²) in [5.74, 6) is 1.84. The average molecular weight is 247 g/mol. The summed E-state index contributed by atoms with van der Waals surface area (Å²) < 4.78 is 0. The monoisotopic (exact) mass is 247 g/mol. The maximum atomic E-state index is 4.32. The fourth-order valence-electron chi connectivity index (χ4n) is 2.54. The molecule has 0 aromatic carbocycles. The zero-order valence-corrected chi connectivity index (χ0v) is 11.4. The molecule has 0 unspecified atom stereocenters. The number of hydrogen-bond donors (Lipinski definition) is 2. The van der Waals surface area contributed by atoms with Gasteiger partial charge in [0.25, 0.3) is 0 Å². The summed E-state index contributed by atoms with van der Waals surface area (Å²) in [5.41, 5.74) is 1.19. The van der Waals surface area contributed by atoms with Gasteiger partial charge in [-0.05, 0) is 31.2 Å². The SMILES string of the molecule is CCCNc1cc(NCC2CCCCC2)ccn1. The predicted octanol–water partition coefficient (Wildman–Crippen LogP) is 3.90. The number of pyridine rings is 1. The van der Waals surface area contributed by atoms with Crippen molar-refractivity contribution >= 4 is 11.5 Å². The van der Waals surface area contributed by atoms with Crippen molar-refractivity contribution in [1.82, 2.24) is 4.98 Å². The maximum absolute atomic E-state index is 4.32. The molecule has 0 amide bonds. The molecule has 0 radical (unpaired) electrons. The minimum absolute atomic E-state index is 0.860. The second-order valence-corrected chi connectivity index (χ2v) is 5.24. The molecule has 18 heavy (non-hydrogen) atoms. The van der Waals surface area contributed by atoms with Crippen LogP contribution in [0.5, 0.6) is 0 Å². The third-order valence-corrected chi connectivity index (χ3v) is 3.64. The van der Waals surface area contributed by atoms with Crippen LogP contribution in [0.1, 0.15) is 45.4 Å². The summed E-state index contributed by atoms with van der Waals surface area (Å²) in [6.07, 6.45) is 10.0. The van der Waals surface area contributed by atoms with Gasteiger partial charge in [-0.15, -0.1) is 0 Å². The molecule has 1 aromatic heterocycles. The van der Waals surface area contributed by atoms with Crippen LogP contribution < -0.4 is 10.6 Å². The average Bonchev–Trinajstić information content (AvgIpc) is 2.44. The minimum atomic E-state index is 0.860. The van der Waals surface area contributed by atoms with E-state index in [1.165, 1.54) is 37.8 Å². The number of hydrogen-bond acceptors (Lipinski definition) is 3. The lowest BCUT2D eigenvalue weighted by molar-refractivity contribution is 0.373. The van der Waals surface area contributed by atoms with Crippen molar-refractivity contribution in [2.45, 2.75) is 45.4 Å². The van der Waals surface area contributed by atoms with Gasteiger partial charge in [0.2, 0.25) is 0 Å². The van der Waals surface area contributed by atoms with Gasteiger partial charge >= 0.3 is 0 Å². The molecule has 1 saturated carbocycles. The molecule has 3 heteroatoms. The van der Waals surface area contributed by atoms with Crippen LogP contribution in [0, 0.1) is 5.92 Å². The number of aromatic nitrogens is 1. The number of anilines is 2. The van der Waals surface area contributed by atoms with Gasteiger partial charge in [0.05, 0.1) is 0 Å². The highest BCUT2D eigenvalue weighted by Gasteiger charge is 2.12. The third-order valence-electron chi connectivity index (χ3n) is 3.64. The highest BCUT2D eigenvalue weighted by Crippen LogP contribution is 2.24. The smallest absolute Gasteiger partial charge is 0.127 e. The maximum Gasteiger partial charge on any atom is 0.127 e. The molecular weight excluding hydrogens is 222 g/mol. The van der Waals surface area contributed by atoms with E-state index in [9.17, 15) is 0 Å². The Morgan fingerprint density at radius 2 is 2.06 bits per heavy atom. The predicted molar refractivity (Wildman–Crippen MR) is 78.1 cm³/mol. The first-order chi connectivity index (χ1) is 8.88. The fraction of sp³-hybridized carbons (Fsp3) is 0.667. The van der Waals surface area contributed by atoms with Gasteiger partial charge in [0, 0.05) is 31.0 Å². The standard InChI is InChI=1S/C15H25N3/c1-2-9-16-15-11-14(8-10-17-15)18-12-13-6-4-3-5-7-13/h8,10-11,13H,2-7,9,12H2,1H3,(H2,16,17,18). The van der Waals surface area contributed by atoms with Crippen LogP contribution in [-0.2, 0) is 0 Å². The molecule has 3 nitrogen and oxygen atoms in total. The van der Waals surface area contributed by atoms with Crippen molar-refractivity contribution in [2.75, 3.05) is 23.7 Å². The molecule has 2 N–H and O–H groups in total. The van der Waals surface area contributed by atoms with E-state index in [0.29, 0.717) is 0 Å². The van der Waals surface area contributed by atoms with E-state index in [-0.39, 0.29) is 0 Å². The first kappa shape index (κ1) is 13.2. The quantitative estimate of drug-likeness (QED) is 0.800. The molecule has 0 atom stereocenters. The molecule has 2 rings (SSSR count). The molecule has 1 heterocycles. The van der Waals surface area contributed by atoms with E-state index in [1.807, 2.05) is 6.20 Å². The van der Waals surface area contributed by atoms with Crippen LogP contribution >= 0.6 is 0 Å². The Morgan fingerprint density at radius 3 is 2.83 bits per heavy atom. The molecule has 1 aliphatic rings. The molecule has 1 aliphatic carbocycles. The highest BCUT2D eigenvalue weighted by atomic mass is 15.0. The van der Waals surface area contributed by atoms with Crippen molar-refractivity contribution in [3.63, 3.8) is 0 Å². The lowest BCUT2D eigenvalue weighted by atomic mass is 9.89. The van der Waals surface area contributed by atoms with Gasteiger partial charge in [0.1, 0.15) is 5.82 Å². The summed E-state index contributed by atoms with van der Waals surface area (Å²) in [6, 6.07) is 4.17. The topological polar surface area (TPSA) is 37.0 Å². The lowest BCUT2D eigenvalue weighted by Crippen LogP contribution is -2.17. The fourth-order valence-corrected chi connectivity index (χ4v) is 2.54. The molecule has 0 spiro atoms. The number of nitrogens with one attached hydrogen (secondary N) is 2. The van der Waals surface area contributed by atoms with Gasteiger partial charge in [0.15, 0.2) is 0 Å². The van der Waals surface area contributed by atoms with Gasteiger partial charge in [-0.1, -0.05) is 26.2 Å². The Labute approximate surface area is 110 Å². The largest absolute Gasteiger partial charge is 0.385 e. The summed E-state index contributed by atoms with van der Waals surface area (Å²) in [7, 11) is 0. The minimum Gasteiger partial charge on any atom is -0.385 e. The van der Waals surface area contributed by atoms with Gasteiger partial charge in [-0.25, -0.2) is 4.98 Å². The normalized spacial score (nSPS) is 16.5. The van der Waals surface area contributed by atoms with E-state index in [2.05, 4.69) is 34.7 Å². The Balaban J connectivity index is 1.80. The van der Waals surface area contributed by atoms with Gasteiger partial charge in [-0.2, -0.15) is 0 Å². The Kier molecular flexibility index (Phi) is 5.31. The molecule has 1 aromatic rings. The second kappa shape index (κ2) is 7.24. The second-order valence-electron chi connectivity index (χ2n) is 5.24. The third kappa shape index (κ3) is 4.21. The van der Waals surface area contributed by atoms with E-state index in [0.717, 1.165) is 31.2 Å². The summed E-state index contributed by atoms with van der Waals surface area (Å²) in [6.45, 7) is 4.26. The van der Waals surface area contributed by atoms with Crippen molar-refractivity contribution < 1.29 is 0 Å². The number of nitrogens with zero attached hydrogens (tertiary/aromatic N) is 1. The highest BCUT2D eigenvalue weighted by molar-refractivity contribution is 5.51. The van der Waals surface area contributed by atoms with Crippen LogP contribution in [0.2, 0.25) is 0 Å². The first-order valence-corrected chi connectivity index (χ1v) is 7.32. The van der Waals surface area contributed by atoms with Crippen molar-refractivity contribution in [2.24, 2.45) is 5.92 Å². The molecular formula is C15H25N3. The van der Waals surface area contributed by atoms with Crippen LogP contribution in [-0.4, -0.2) is 18.1 Å². The summed E-state index contributed by atoms with van der Waals surface area (Å²) >= 11 is 0. The van der Waals surface area contributed by atoms with Crippen molar-refractivity contribution in [1.29, 1.82) is 0 Å². The van der Waals surface area contributed by atoms with Crippen LogP contribution in [0.3, 0.4) is 0 Å². The zero-order valence-electron chi connectivity index (χ0n) is 11.4. The molecule has 0 saturated heterocycles. The van der Waals surface area contributed by atoms with E-state index in [4.69, 9.17) is 0 Å². The molecule has 100 valence electrons. The van der Waals surface area contributed by atoms with E-state index in [1.54, 1.807) is 0 Å². The summed E-state index contributed by atoms with van der Waals surface area (Å²) in [5, 5.41) is 6.87. The summed E-state index contributed by atoms with van der Waals surface area (Å²) in [4.78, 5) is 4.32. The Bertz CT molecular complexity index is 345. The van der Waals surface area contributed by atoms with Crippen molar-refractivity contribution in [3.8, 4) is 0 Å². The van der Waals surface area contributed by atoms with Crippen LogP contribution in [0.4, 0.5) is 11.5 Å². The van der Waals surface area contributed by atoms with Gasteiger partial charge in [-0.3, -0.25) is 0 Å². The Morgan fingerprint density at radius 1 is 1.22 bits per heavy atom. The van der Waals surface area contributed by atoms with Crippen molar-refractivity contribution in [3.05, 3.63) is 18.3 Å². The lowest BCUT2D eigenvalue weighted by Gasteiger charge is -2.22.